The van der Waals surface area contributed by atoms with Crippen LogP contribution in [0.1, 0.15) is 94.3 Å². The number of hydrogen-bond donors (Lipinski definition) is 18. The van der Waals surface area contributed by atoms with E-state index in [1.165, 1.54) is 33.5 Å². The van der Waals surface area contributed by atoms with Crippen molar-refractivity contribution >= 4 is 76.9 Å². The number of primary amides is 1. The van der Waals surface area contributed by atoms with Gasteiger partial charge in [0, 0.05) is 43.9 Å². The van der Waals surface area contributed by atoms with Gasteiger partial charge >= 0.3 is 11.9 Å². The van der Waals surface area contributed by atoms with Crippen LogP contribution in [-0.4, -0.2) is 204 Å². The maximum absolute atomic E-state index is 15.5. The number of aryl methyl sites for hydroxylation is 2. The van der Waals surface area contributed by atoms with E-state index in [2.05, 4.69) is 63.1 Å². The average Bonchev–Trinajstić information content (AvgIpc) is 0.973. The second-order valence-corrected chi connectivity index (χ2v) is 27.3. The van der Waals surface area contributed by atoms with Crippen LogP contribution in [0.25, 0.3) is 22.3 Å². The zero-order valence-electron chi connectivity index (χ0n) is 62.2. The van der Waals surface area contributed by atoms with Crippen LogP contribution in [-0.2, 0) is 94.4 Å². The maximum atomic E-state index is 15.5. The minimum absolute atomic E-state index is 0.0301. The average molecular weight is 1550 g/mol. The second-order valence-electron chi connectivity index (χ2n) is 27.3. The van der Waals surface area contributed by atoms with Crippen molar-refractivity contribution in [2.45, 2.75) is 171 Å². The van der Waals surface area contributed by atoms with Crippen LogP contribution >= 0.6 is 0 Å². The van der Waals surface area contributed by atoms with Crippen molar-refractivity contribution in [3.8, 4) is 28.0 Å². The number of rotatable bonds is 41. The highest BCUT2D eigenvalue weighted by Gasteiger charge is 2.44. The van der Waals surface area contributed by atoms with Crippen molar-refractivity contribution in [3.05, 3.63) is 167 Å². The summed E-state index contributed by atoms with van der Waals surface area (Å²) in [5, 5.41) is 74.7. The molecule has 20 N–H and O–H groups in total. The van der Waals surface area contributed by atoms with Gasteiger partial charge in [-0.2, -0.15) is 0 Å². The van der Waals surface area contributed by atoms with Gasteiger partial charge in [0.1, 0.15) is 70.8 Å². The van der Waals surface area contributed by atoms with Crippen molar-refractivity contribution in [2.24, 2.45) is 11.5 Å². The Kier molecular flexibility index (Phi) is 32.0. The highest BCUT2D eigenvalue weighted by molar-refractivity contribution is 6.01. The number of amides is 11. The molecule has 33 nitrogen and oxygen atoms in total. The lowest BCUT2D eigenvalue weighted by Crippen LogP contribution is -2.67. The molecule has 35 heteroatoms. The van der Waals surface area contributed by atoms with Gasteiger partial charge in [0.25, 0.3) is 0 Å². The van der Waals surface area contributed by atoms with E-state index >= 15 is 8.78 Å². The van der Waals surface area contributed by atoms with E-state index in [-0.39, 0.29) is 19.3 Å². The van der Waals surface area contributed by atoms with Gasteiger partial charge in [-0.25, -0.2) is 13.8 Å². The predicted octanol–water partition coefficient (Wildman–Crippen LogP) is -0.643. The number of aromatic amines is 1. The van der Waals surface area contributed by atoms with Crippen molar-refractivity contribution < 1.29 is 101 Å². The zero-order valence-corrected chi connectivity index (χ0v) is 62.2. The standard InChI is InChI=1S/C76H94F2N14O19/c1-9-44-31-48(111-8)25-26-50(44)46-23-19-43(20-24-46)30-57(68(104)84-56(65(80)101)29-42-17-21-45(22-18-42)49-14-11-10-13-39(49)2)85-69(105)58(33-62(99)100)86-70(106)59(37-93)87-71(107)63(40(3)94)90-74(110)76(7,34-51-52(77)15-12-16-53(51)78)92-72(108)64(41(4)95)89-60(96)36-82-67(103)55(27-28-61(97)98)88-73(109)75(5,6)91-66(102)54(79)32-47-35-81-38-83-47/h10-26,31,35,38,40-41,54-59,63-64,93-95H,9,27-30,32-34,36-37,79H2,1-8H3,(H2,80,101)(H,81,83)(H,82,103)(H,84,104)(H,85,105)(H,86,106)(H,87,107)(H,88,109)(H,89,96)(H,90,110)(H,91,102)(H,92,108)(H,97,98)(H,99,100)/t40-,41-,54+,55+,56+,57+,58+,59+,63+,64+,76+/m1/s1. The SMILES string of the molecule is CCc1cc(OC)ccc1-c1ccc(C[C@H](NC(=O)[C@H](CC(=O)O)NC(=O)[C@H](CO)NC(=O)[C@@H](NC(=O)[C@](C)(Cc2c(F)cccc2F)NC(=O)[C@@H](NC(=O)CNC(=O)[C@H](CCC(=O)O)NC(=O)C(C)(C)NC(=O)[C@@H](N)Cc2c[nH]cn2)[C@@H](C)O)[C@@H](C)O)C(=O)N[C@@H](Cc2ccc(-c3ccccc3C)cc2)C(N)=O)cc1. The van der Waals surface area contributed by atoms with E-state index in [0.717, 1.165) is 72.4 Å². The number of H-pyrrole nitrogens is 1. The number of carbonyl (C=O) groups is 13. The molecule has 596 valence electrons. The number of carboxylic acids is 2. The number of aliphatic hydroxyl groups excluding tert-OH is 3. The Bertz CT molecular complexity index is 4320. The lowest BCUT2D eigenvalue weighted by atomic mass is 9.89. The van der Waals surface area contributed by atoms with Crippen LogP contribution in [0.4, 0.5) is 8.78 Å². The third kappa shape index (κ3) is 25.5. The molecule has 0 unspecified atom stereocenters. The molecule has 11 amide bonds. The molecule has 5 aromatic carbocycles. The first-order valence-corrected chi connectivity index (χ1v) is 35.2. The first-order chi connectivity index (χ1) is 52.4. The van der Waals surface area contributed by atoms with Gasteiger partial charge in [0.05, 0.1) is 57.0 Å². The number of halogens is 2. The van der Waals surface area contributed by atoms with E-state index in [0.29, 0.717) is 29.0 Å². The molecular weight excluding hydrogens is 1450 g/mol. The predicted molar refractivity (Wildman–Crippen MR) is 396 cm³/mol. The van der Waals surface area contributed by atoms with E-state index < -0.39 is 205 Å². The molecule has 1 heterocycles. The van der Waals surface area contributed by atoms with Crippen LogP contribution < -0.4 is 69.4 Å². The minimum Gasteiger partial charge on any atom is -0.497 e. The summed E-state index contributed by atoms with van der Waals surface area (Å²) >= 11 is 0. The van der Waals surface area contributed by atoms with E-state index in [9.17, 15) is 87.9 Å². The van der Waals surface area contributed by atoms with Crippen molar-refractivity contribution in [2.75, 3.05) is 20.3 Å². The monoisotopic (exact) mass is 1540 g/mol. The summed E-state index contributed by atoms with van der Waals surface area (Å²) in [4.78, 5) is 184. The smallest absolute Gasteiger partial charge is 0.305 e. The summed E-state index contributed by atoms with van der Waals surface area (Å²) in [6.07, 6.45) is -4.44. The maximum Gasteiger partial charge on any atom is 0.305 e. The van der Waals surface area contributed by atoms with Gasteiger partial charge < -0.3 is 99.9 Å². The summed E-state index contributed by atoms with van der Waals surface area (Å²) < 4.78 is 36.4. The normalized spacial score (nSPS) is 14.5. The summed E-state index contributed by atoms with van der Waals surface area (Å²) in [6.45, 7) is 6.86. The van der Waals surface area contributed by atoms with Gasteiger partial charge in [-0.3, -0.25) is 62.3 Å². The lowest BCUT2D eigenvalue weighted by molar-refractivity contribution is -0.142. The molecule has 0 radical (unpaired) electrons. The molecule has 0 aliphatic carbocycles. The number of benzene rings is 5. The Hall–Kier alpha value is -12.1. The van der Waals surface area contributed by atoms with Gasteiger partial charge in [-0.05, 0) is 123 Å². The van der Waals surface area contributed by atoms with Crippen molar-refractivity contribution in [1.29, 1.82) is 0 Å². The number of hydrogen-bond acceptors (Lipinski definition) is 19. The topological polar surface area (TPSA) is 533 Å². The molecule has 1 aromatic heterocycles. The quantitative estimate of drug-likeness (QED) is 0.0227. The number of ether oxygens (including phenoxy) is 1. The van der Waals surface area contributed by atoms with E-state index in [4.69, 9.17) is 16.2 Å². The molecule has 0 aliphatic rings. The fourth-order valence-corrected chi connectivity index (χ4v) is 11.6. The second kappa shape index (κ2) is 40.4. The molecule has 6 rings (SSSR count). The number of nitrogens with zero attached hydrogens (tertiary/aromatic N) is 1. The van der Waals surface area contributed by atoms with E-state index in [1.54, 1.807) is 42.5 Å². The fourth-order valence-electron chi connectivity index (χ4n) is 11.6. The summed E-state index contributed by atoms with van der Waals surface area (Å²) in [6, 6.07) is 15.2. The van der Waals surface area contributed by atoms with Gasteiger partial charge in [0.2, 0.25) is 65.0 Å². The molecule has 0 saturated carbocycles. The van der Waals surface area contributed by atoms with Gasteiger partial charge in [0.15, 0.2) is 0 Å². The number of carbonyl (C=O) groups excluding carboxylic acids is 11. The molecule has 0 spiro atoms. The van der Waals surface area contributed by atoms with Crippen molar-refractivity contribution in [1.82, 2.24) is 63.1 Å². The van der Waals surface area contributed by atoms with E-state index in [1.807, 2.05) is 62.4 Å². The molecule has 11 atom stereocenters. The number of nitrogens with one attached hydrogen (secondary N) is 11. The van der Waals surface area contributed by atoms with Crippen LogP contribution in [0.5, 0.6) is 5.75 Å². The fraction of sp³-hybridized carbons (Fsp3) is 0.395. The Morgan fingerprint density at radius 3 is 1.70 bits per heavy atom. The molecule has 0 saturated heterocycles. The molecule has 0 aliphatic heterocycles. The van der Waals surface area contributed by atoms with Gasteiger partial charge in [-0.1, -0.05) is 91.9 Å². The largest absolute Gasteiger partial charge is 0.497 e. The third-order valence-corrected chi connectivity index (χ3v) is 18.0. The zero-order chi connectivity index (χ0) is 82.2. The summed E-state index contributed by atoms with van der Waals surface area (Å²) in [5.74, 6) is -18.3. The molecule has 111 heavy (non-hydrogen) atoms. The summed E-state index contributed by atoms with van der Waals surface area (Å²) in [7, 11) is 1.54. The Morgan fingerprint density at radius 1 is 0.595 bits per heavy atom. The van der Waals surface area contributed by atoms with Gasteiger partial charge in [-0.15, -0.1) is 0 Å². The Balaban J connectivity index is 1.19. The summed E-state index contributed by atoms with van der Waals surface area (Å²) in [5.41, 5.74) is 13.4. The first-order valence-electron chi connectivity index (χ1n) is 35.2. The first kappa shape index (κ1) is 87.8. The van der Waals surface area contributed by atoms with Crippen molar-refractivity contribution in [3.63, 3.8) is 0 Å². The number of nitrogens with two attached hydrogens (primary N) is 2. The van der Waals surface area contributed by atoms with Crippen LogP contribution in [0.15, 0.2) is 122 Å². The minimum atomic E-state index is -2.68. The molecule has 6 aromatic rings. The number of imidazole rings is 1. The highest BCUT2D eigenvalue weighted by Crippen LogP contribution is 2.30. The molecular formula is C76H94F2N14O19. The Morgan fingerprint density at radius 2 is 1.15 bits per heavy atom. The molecule has 0 bridgehead atoms. The highest BCUT2D eigenvalue weighted by atomic mass is 19.1. The number of aliphatic carboxylic acids is 2. The molecule has 0 fully saturated rings. The van der Waals surface area contributed by atoms with Crippen LogP contribution in [0.2, 0.25) is 0 Å². The number of carboxylic acid groups (broad SMARTS) is 2. The van der Waals surface area contributed by atoms with Crippen LogP contribution in [0.3, 0.4) is 0 Å². The number of aliphatic hydroxyl groups is 3. The van der Waals surface area contributed by atoms with Crippen LogP contribution in [0, 0.1) is 18.6 Å². The number of methoxy groups -OCH3 is 1. The third-order valence-electron chi connectivity index (χ3n) is 18.0. The Labute approximate surface area is 637 Å². The number of aromatic nitrogens is 2. The lowest BCUT2D eigenvalue weighted by Gasteiger charge is -2.34.